The van der Waals surface area contributed by atoms with Crippen molar-refractivity contribution in [2.75, 3.05) is 5.32 Å². The van der Waals surface area contributed by atoms with E-state index in [4.69, 9.17) is 41.2 Å². The van der Waals surface area contributed by atoms with E-state index in [0.717, 1.165) is 0 Å². The van der Waals surface area contributed by atoms with Crippen LogP contribution in [0.3, 0.4) is 0 Å². The average molecular weight is 394 g/mol. The quantitative estimate of drug-likeness (QED) is 0.697. The Kier molecular flexibility index (Phi) is 4.86. The lowest BCUT2D eigenvalue weighted by atomic mass is 10.2. The van der Waals surface area contributed by atoms with Crippen molar-refractivity contribution in [1.29, 1.82) is 0 Å². The molecule has 2 aromatic carbocycles. The molecule has 0 bridgehead atoms. The highest BCUT2D eigenvalue weighted by Gasteiger charge is 2.13. The number of nitrogens with one attached hydrogen (secondary N) is 1. The third-order valence-corrected chi connectivity index (χ3v) is 4.28. The number of halogens is 4. The van der Waals surface area contributed by atoms with Gasteiger partial charge in [0.05, 0.1) is 20.2 Å². The smallest absolute Gasteiger partial charge is 0.161 e. The Morgan fingerprint density at radius 3 is 2.50 bits per heavy atom. The van der Waals surface area contributed by atoms with Crippen LogP contribution in [0.15, 0.2) is 34.8 Å². The number of rotatable bonds is 3. The summed E-state index contributed by atoms with van der Waals surface area (Å²) < 4.78 is 14.4. The number of anilines is 2. The predicted molar refractivity (Wildman–Crippen MR) is 89.7 cm³/mol. The van der Waals surface area contributed by atoms with Crippen molar-refractivity contribution in [3.8, 4) is 0 Å². The number of nitrogens with two attached hydrogens (primary N) is 1. The summed E-state index contributed by atoms with van der Waals surface area (Å²) in [5, 5.41) is 3.73. The molecule has 0 spiro atoms. The van der Waals surface area contributed by atoms with Crippen LogP contribution in [-0.4, -0.2) is 4.99 Å². The Labute approximate surface area is 139 Å². The van der Waals surface area contributed by atoms with Gasteiger partial charge in [0.25, 0.3) is 0 Å². The summed E-state index contributed by atoms with van der Waals surface area (Å²) in [4.78, 5) is 0.122. The third-order valence-electron chi connectivity index (χ3n) is 2.55. The van der Waals surface area contributed by atoms with Gasteiger partial charge >= 0.3 is 0 Å². The normalized spacial score (nSPS) is 10.4. The Morgan fingerprint density at radius 1 is 1.20 bits per heavy atom. The zero-order chi connectivity index (χ0) is 14.9. The van der Waals surface area contributed by atoms with Crippen molar-refractivity contribution in [3.05, 3.63) is 56.2 Å². The number of hydrogen-bond acceptors (Lipinski definition) is 2. The highest BCUT2D eigenvalue weighted by molar-refractivity contribution is 9.10. The summed E-state index contributed by atoms with van der Waals surface area (Å²) in [7, 11) is 0. The van der Waals surface area contributed by atoms with E-state index in [1.54, 1.807) is 30.3 Å². The Balaban J connectivity index is 2.37. The summed E-state index contributed by atoms with van der Waals surface area (Å²) >= 11 is 19.7. The SMILES string of the molecule is NC(=S)c1ccc(Nc2ccc(Cl)c(Cl)c2)c(F)c1Br. The lowest BCUT2D eigenvalue weighted by Crippen LogP contribution is -2.11. The lowest BCUT2D eigenvalue weighted by molar-refractivity contribution is 0.625. The van der Waals surface area contributed by atoms with E-state index in [1.165, 1.54) is 0 Å². The Morgan fingerprint density at radius 2 is 1.90 bits per heavy atom. The third kappa shape index (κ3) is 3.23. The molecular weight excluding hydrogens is 386 g/mol. The van der Waals surface area contributed by atoms with Gasteiger partial charge in [-0.3, -0.25) is 0 Å². The van der Waals surface area contributed by atoms with Gasteiger partial charge < -0.3 is 11.1 Å². The Hall–Kier alpha value is -0.880. The molecular formula is C13H8BrCl2FN2S. The molecule has 0 aliphatic heterocycles. The predicted octanol–water partition coefficient (Wildman–Crippen LogP) is 5.27. The average Bonchev–Trinajstić information content (AvgIpc) is 2.39. The van der Waals surface area contributed by atoms with E-state index in [-0.39, 0.29) is 15.1 Å². The van der Waals surface area contributed by atoms with E-state index in [0.29, 0.717) is 21.3 Å². The van der Waals surface area contributed by atoms with Gasteiger partial charge in [-0.1, -0.05) is 35.4 Å². The van der Waals surface area contributed by atoms with Gasteiger partial charge in [-0.15, -0.1) is 0 Å². The summed E-state index contributed by atoms with van der Waals surface area (Å²) in [6.45, 7) is 0. The fraction of sp³-hybridized carbons (Fsp3) is 0. The van der Waals surface area contributed by atoms with Crippen LogP contribution < -0.4 is 11.1 Å². The zero-order valence-electron chi connectivity index (χ0n) is 9.88. The number of benzene rings is 2. The minimum atomic E-state index is -0.485. The van der Waals surface area contributed by atoms with Gasteiger partial charge in [-0.05, 0) is 46.3 Å². The molecule has 20 heavy (non-hydrogen) atoms. The van der Waals surface area contributed by atoms with E-state index < -0.39 is 5.82 Å². The zero-order valence-corrected chi connectivity index (χ0v) is 13.8. The maximum Gasteiger partial charge on any atom is 0.161 e. The van der Waals surface area contributed by atoms with Crippen LogP contribution in [0.5, 0.6) is 0 Å². The highest BCUT2D eigenvalue weighted by Crippen LogP contribution is 2.31. The second-order valence-corrected chi connectivity index (χ2v) is 5.95. The van der Waals surface area contributed by atoms with Crippen LogP contribution in [0.4, 0.5) is 15.8 Å². The molecule has 0 saturated carbocycles. The van der Waals surface area contributed by atoms with E-state index >= 15 is 0 Å². The molecule has 0 amide bonds. The van der Waals surface area contributed by atoms with Crippen LogP contribution >= 0.6 is 51.3 Å². The molecule has 0 saturated heterocycles. The molecule has 0 aliphatic carbocycles. The maximum atomic E-state index is 14.2. The number of thiocarbonyl (C=S) groups is 1. The van der Waals surface area contributed by atoms with Crippen LogP contribution in [0.1, 0.15) is 5.56 Å². The minimum absolute atomic E-state index is 0.122. The molecule has 3 N–H and O–H groups in total. The minimum Gasteiger partial charge on any atom is -0.389 e. The summed E-state index contributed by atoms with van der Waals surface area (Å²) in [5.74, 6) is -0.485. The van der Waals surface area contributed by atoms with Gasteiger partial charge in [0.2, 0.25) is 0 Å². The maximum absolute atomic E-state index is 14.2. The molecule has 0 atom stereocenters. The first kappa shape index (κ1) is 15.5. The van der Waals surface area contributed by atoms with Crippen molar-refractivity contribution < 1.29 is 4.39 Å². The fourth-order valence-electron chi connectivity index (χ4n) is 1.57. The molecule has 7 heteroatoms. The molecule has 0 fully saturated rings. The van der Waals surface area contributed by atoms with Crippen molar-refractivity contribution in [3.63, 3.8) is 0 Å². The molecule has 2 nitrogen and oxygen atoms in total. The van der Waals surface area contributed by atoms with Crippen LogP contribution in [0.2, 0.25) is 10.0 Å². The standard InChI is InChI=1S/C13H8BrCl2FN2S/c14-11-7(13(18)20)2-4-10(12(11)17)19-6-1-3-8(15)9(16)5-6/h1-5,19H,(H2,18,20). The molecule has 0 unspecified atom stereocenters. The first-order chi connectivity index (χ1) is 9.40. The molecule has 2 aromatic rings. The second-order valence-electron chi connectivity index (χ2n) is 3.91. The van der Waals surface area contributed by atoms with Crippen molar-refractivity contribution in [2.45, 2.75) is 0 Å². The van der Waals surface area contributed by atoms with Gasteiger partial charge in [0, 0.05) is 11.3 Å². The lowest BCUT2D eigenvalue weighted by Gasteiger charge is -2.11. The summed E-state index contributed by atoms with van der Waals surface area (Å²) in [5.41, 5.74) is 6.84. The largest absolute Gasteiger partial charge is 0.389 e. The van der Waals surface area contributed by atoms with Crippen molar-refractivity contribution in [1.82, 2.24) is 0 Å². The first-order valence-corrected chi connectivity index (χ1v) is 7.35. The van der Waals surface area contributed by atoms with E-state index in [1.807, 2.05) is 0 Å². The van der Waals surface area contributed by atoms with E-state index in [9.17, 15) is 4.39 Å². The molecule has 0 aromatic heterocycles. The topological polar surface area (TPSA) is 38.0 Å². The highest BCUT2D eigenvalue weighted by atomic mass is 79.9. The van der Waals surface area contributed by atoms with Gasteiger partial charge in [-0.2, -0.15) is 0 Å². The van der Waals surface area contributed by atoms with Crippen LogP contribution in [-0.2, 0) is 0 Å². The van der Waals surface area contributed by atoms with Crippen LogP contribution in [0.25, 0.3) is 0 Å². The molecule has 104 valence electrons. The summed E-state index contributed by atoms with van der Waals surface area (Å²) in [6, 6.07) is 8.12. The molecule has 0 heterocycles. The van der Waals surface area contributed by atoms with Crippen molar-refractivity contribution >= 4 is 67.7 Å². The Bertz CT molecular complexity index is 694. The molecule has 0 radical (unpaired) electrons. The van der Waals surface area contributed by atoms with E-state index in [2.05, 4.69) is 21.2 Å². The second kappa shape index (κ2) is 6.26. The summed E-state index contributed by atoms with van der Waals surface area (Å²) in [6.07, 6.45) is 0. The van der Waals surface area contributed by atoms with Crippen molar-refractivity contribution in [2.24, 2.45) is 5.73 Å². The number of hydrogen-bond donors (Lipinski definition) is 2. The van der Waals surface area contributed by atoms with Gasteiger partial charge in [0.15, 0.2) is 5.82 Å². The molecule has 0 aliphatic rings. The first-order valence-electron chi connectivity index (χ1n) is 5.40. The molecule has 2 rings (SSSR count). The monoisotopic (exact) mass is 392 g/mol. The van der Waals surface area contributed by atoms with Gasteiger partial charge in [0.1, 0.15) is 4.99 Å². The van der Waals surface area contributed by atoms with Crippen LogP contribution in [0, 0.1) is 5.82 Å². The fourth-order valence-corrected chi connectivity index (χ4v) is 2.72. The van der Waals surface area contributed by atoms with Gasteiger partial charge in [-0.25, -0.2) is 4.39 Å².